The van der Waals surface area contributed by atoms with E-state index in [0.717, 1.165) is 36.8 Å². The highest BCUT2D eigenvalue weighted by molar-refractivity contribution is 5.89. The molecule has 0 spiro atoms. The third kappa shape index (κ3) is 4.07. The van der Waals surface area contributed by atoms with Gasteiger partial charge < -0.3 is 14.2 Å². The maximum Gasteiger partial charge on any atom is 0.207 e. The lowest BCUT2D eigenvalue weighted by Gasteiger charge is -2.28. The molecular weight excluding hydrogens is 476 g/mol. The van der Waals surface area contributed by atoms with E-state index in [-0.39, 0.29) is 17.6 Å². The SMILES string of the molecule is CN(c1nc2nc([C@H]3CCO[C@@H](c4cnn(C5CC5)c4)C3)nc(-c3ccc(F)cc3F)c2n1C)C1CC1. The lowest BCUT2D eigenvalue weighted by Crippen LogP contribution is -2.22. The van der Waals surface area contributed by atoms with Gasteiger partial charge in [-0.3, -0.25) is 4.68 Å². The Morgan fingerprint density at radius 2 is 1.89 bits per heavy atom. The third-order valence-corrected chi connectivity index (χ3v) is 7.88. The van der Waals surface area contributed by atoms with Crippen molar-refractivity contribution in [2.45, 2.75) is 62.6 Å². The molecule has 7 rings (SSSR count). The molecule has 2 saturated carbocycles. The number of imidazole rings is 1. The van der Waals surface area contributed by atoms with E-state index >= 15 is 4.39 Å². The molecule has 2 aliphatic carbocycles. The summed E-state index contributed by atoms with van der Waals surface area (Å²) in [5, 5.41) is 4.53. The second-order valence-electron chi connectivity index (χ2n) is 10.6. The Morgan fingerprint density at radius 1 is 1.05 bits per heavy atom. The molecule has 4 heterocycles. The number of rotatable bonds is 6. The topological polar surface area (TPSA) is 73.9 Å². The fourth-order valence-corrected chi connectivity index (χ4v) is 5.43. The minimum absolute atomic E-state index is 0.0151. The summed E-state index contributed by atoms with van der Waals surface area (Å²) in [6, 6.07) is 4.58. The average molecular weight is 506 g/mol. The first-order chi connectivity index (χ1) is 18.0. The maximum absolute atomic E-state index is 15.1. The third-order valence-electron chi connectivity index (χ3n) is 7.88. The first kappa shape index (κ1) is 22.8. The number of hydrogen-bond acceptors (Lipinski definition) is 6. The summed E-state index contributed by atoms with van der Waals surface area (Å²) in [7, 11) is 3.93. The van der Waals surface area contributed by atoms with Crippen LogP contribution in [-0.4, -0.2) is 49.0 Å². The molecular formula is C27H29F2N7O. The Kier molecular flexibility index (Phi) is 5.28. The van der Waals surface area contributed by atoms with E-state index in [0.29, 0.717) is 47.8 Å². The van der Waals surface area contributed by atoms with E-state index in [4.69, 9.17) is 19.7 Å². The maximum atomic E-state index is 15.1. The number of halogens is 2. The molecule has 10 heteroatoms. The number of nitrogens with zero attached hydrogens (tertiary/aromatic N) is 7. The van der Waals surface area contributed by atoms with E-state index in [2.05, 4.69) is 16.2 Å². The minimum atomic E-state index is -0.651. The van der Waals surface area contributed by atoms with Crippen molar-refractivity contribution in [3.8, 4) is 11.3 Å². The number of hydrogen-bond donors (Lipinski definition) is 0. The van der Waals surface area contributed by atoms with Gasteiger partial charge in [0.2, 0.25) is 5.95 Å². The van der Waals surface area contributed by atoms with Crippen LogP contribution in [0.2, 0.25) is 0 Å². The summed E-state index contributed by atoms with van der Waals surface area (Å²) in [5.74, 6) is 0.130. The fraction of sp³-hybridized carbons (Fsp3) is 0.481. The van der Waals surface area contributed by atoms with Gasteiger partial charge >= 0.3 is 0 Å². The van der Waals surface area contributed by atoms with Gasteiger partial charge in [-0.15, -0.1) is 0 Å². The Hall–Kier alpha value is -3.40. The number of ether oxygens (including phenoxy) is 1. The summed E-state index contributed by atoms with van der Waals surface area (Å²) in [5.41, 5.74) is 2.92. The second-order valence-corrected chi connectivity index (χ2v) is 10.6. The van der Waals surface area contributed by atoms with Gasteiger partial charge in [0.15, 0.2) is 5.65 Å². The molecule has 192 valence electrons. The van der Waals surface area contributed by atoms with Crippen molar-refractivity contribution in [1.29, 1.82) is 0 Å². The molecule has 3 aromatic heterocycles. The minimum Gasteiger partial charge on any atom is -0.373 e. The van der Waals surface area contributed by atoms with E-state index in [1.807, 2.05) is 29.5 Å². The first-order valence-electron chi connectivity index (χ1n) is 13.0. The van der Waals surface area contributed by atoms with Crippen LogP contribution < -0.4 is 4.90 Å². The molecule has 8 nitrogen and oxygen atoms in total. The number of benzene rings is 1. The highest BCUT2D eigenvalue weighted by Gasteiger charge is 2.33. The zero-order valence-electron chi connectivity index (χ0n) is 20.9. The Balaban J connectivity index is 1.30. The lowest BCUT2D eigenvalue weighted by atomic mass is 9.92. The Bertz CT molecular complexity index is 1490. The van der Waals surface area contributed by atoms with Gasteiger partial charge in [0.05, 0.1) is 18.3 Å². The van der Waals surface area contributed by atoms with Crippen molar-refractivity contribution in [2.24, 2.45) is 7.05 Å². The van der Waals surface area contributed by atoms with Gasteiger partial charge in [0.25, 0.3) is 0 Å². The van der Waals surface area contributed by atoms with E-state index in [1.54, 1.807) is 0 Å². The van der Waals surface area contributed by atoms with Gasteiger partial charge in [0.1, 0.15) is 28.7 Å². The van der Waals surface area contributed by atoms with Crippen LogP contribution in [0.25, 0.3) is 22.4 Å². The fourth-order valence-electron chi connectivity index (χ4n) is 5.43. The summed E-state index contributed by atoms with van der Waals surface area (Å²) >= 11 is 0. The van der Waals surface area contributed by atoms with Crippen LogP contribution in [-0.2, 0) is 11.8 Å². The van der Waals surface area contributed by atoms with Crippen LogP contribution in [0.3, 0.4) is 0 Å². The van der Waals surface area contributed by atoms with Gasteiger partial charge in [-0.05, 0) is 50.7 Å². The second kappa shape index (κ2) is 8.58. The lowest BCUT2D eigenvalue weighted by molar-refractivity contribution is 0.00396. The van der Waals surface area contributed by atoms with Crippen LogP contribution in [0.4, 0.5) is 14.7 Å². The predicted octanol–water partition coefficient (Wildman–Crippen LogP) is 5.07. The summed E-state index contributed by atoms with van der Waals surface area (Å²) in [6.07, 6.45) is 9.94. The summed E-state index contributed by atoms with van der Waals surface area (Å²) < 4.78 is 38.9. The van der Waals surface area contributed by atoms with E-state index < -0.39 is 11.6 Å². The molecule has 3 aliphatic rings. The van der Waals surface area contributed by atoms with Crippen molar-refractivity contribution >= 4 is 17.1 Å². The molecule has 1 aliphatic heterocycles. The highest BCUT2D eigenvalue weighted by Crippen LogP contribution is 2.41. The van der Waals surface area contributed by atoms with Crippen LogP contribution in [0.1, 0.15) is 68.0 Å². The molecule has 0 radical (unpaired) electrons. The molecule has 2 atom stereocenters. The van der Waals surface area contributed by atoms with Gasteiger partial charge in [-0.1, -0.05) is 0 Å². The standard InChI is InChI=1S/C27H29F2N7O/c1-34(18-4-5-18)27-33-26-24(35(27)2)23(20-8-3-17(28)12-21(20)29)31-25(32-26)15-9-10-37-22(11-15)16-13-30-36(14-16)19-6-7-19/h3,8,12-15,18-19,22H,4-7,9-11H2,1-2H3/t15-,22+/m0/s1. The zero-order chi connectivity index (χ0) is 25.3. The normalized spacial score (nSPS) is 22.1. The van der Waals surface area contributed by atoms with Gasteiger partial charge in [0, 0.05) is 56.1 Å². The van der Waals surface area contributed by atoms with Crippen molar-refractivity contribution in [2.75, 3.05) is 18.6 Å². The average Bonchev–Trinajstić information content (AvgIpc) is 3.84. The van der Waals surface area contributed by atoms with E-state index in [9.17, 15) is 4.39 Å². The first-order valence-corrected chi connectivity index (χ1v) is 13.0. The highest BCUT2D eigenvalue weighted by atomic mass is 19.1. The van der Waals surface area contributed by atoms with Gasteiger partial charge in [-0.2, -0.15) is 10.1 Å². The predicted molar refractivity (Wildman–Crippen MR) is 134 cm³/mol. The summed E-state index contributed by atoms with van der Waals surface area (Å²) in [4.78, 5) is 16.8. The molecule has 0 amide bonds. The van der Waals surface area contributed by atoms with Gasteiger partial charge in [-0.25, -0.2) is 18.7 Å². The summed E-state index contributed by atoms with van der Waals surface area (Å²) in [6.45, 7) is 0.573. The molecule has 37 heavy (non-hydrogen) atoms. The number of aromatic nitrogens is 6. The van der Waals surface area contributed by atoms with Crippen molar-refractivity contribution in [1.82, 2.24) is 29.3 Å². The number of fused-ring (bicyclic) bond motifs is 1. The smallest absolute Gasteiger partial charge is 0.207 e. The molecule has 1 aromatic carbocycles. The van der Waals surface area contributed by atoms with Crippen molar-refractivity contribution in [3.05, 3.63) is 53.6 Å². The number of aryl methyl sites for hydroxylation is 1. The van der Waals surface area contributed by atoms with Crippen LogP contribution in [0.15, 0.2) is 30.6 Å². The molecule has 1 saturated heterocycles. The van der Waals surface area contributed by atoms with Crippen molar-refractivity contribution in [3.63, 3.8) is 0 Å². The zero-order valence-corrected chi connectivity index (χ0v) is 20.9. The monoisotopic (exact) mass is 505 g/mol. The van der Waals surface area contributed by atoms with Crippen LogP contribution in [0, 0.1) is 11.6 Å². The molecule has 0 bridgehead atoms. The largest absolute Gasteiger partial charge is 0.373 e. The quantitative estimate of drug-likeness (QED) is 0.364. The molecule has 0 unspecified atom stereocenters. The van der Waals surface area contributed by atoms with E-state index in [1.165, 1.54) is 25.0 Å². The Labute approximate surface area is 213 Å². The van der Waals surface area contributed by atoms with Crippen molar-refractivity contribution < 1.29 is 13.5 Å². The van der Waals surface area contributed by atoms with Crippen LogP contribution >= 0.6 is 0 Å². The van der Waals surface area contributed by atoms with Crippen LogP contribution in [0.5, 0.6) is 0 Å². The Morgan fingerprint density at radius 3 is 2.65 bits per heavy atom. The number of anilines is 1. The molecule has 3 fully saturated rings. The molecule has 4 aromatic rings. The molecule has 0 N–H and O–H groups in total.